The molecule has 2 amide bonds. The number of rotatable bonds is 4. The zero-order valence-corrected chi connectivity index (χ0v) is 14.9. The molecule has 23 heavy (non-hydrogen) atoms. The number of ether oxygens (including phenoxy) is 2. The minimum absolute atomic E-state index is 0.171. The normalized spacial score (nSPS) is 21.7. The van der Waals surface area contributed by atoms with Gasteiger partial charge in [-0.2, -0.15) is 0 Å². The number of likely N-dealkylation sites (tertiary alicyclic amines) is 1. The number of amides is 2. The van der Waals surface area contributed by atoms with Gasteiger partial charge in [-0.1, -0.05) is 0 Å². The first-order valence-corrected chi connectivity index (χ1v) is 7.72. The molecular formula is C16H29N3O4. The Morgan fingerprint density at radius 3 is 2.09 bits per heavy atom. The summed E-state index contributed by atoms with van der Waals surface area (Å²) in [5.74, 6) is -0.153. The van der Waals surface area contributed by atoms with Gasteiger partial charge in [0.1, 0.15) is 17.2 Å². The molecule has 0 aliphatic carbocycles. The molecule has 7 nitrogen and oxygen atoms in total. The Kier molecular flexibility index (Phi) is 5.56. The molecule has 7 heteroatoms. The molecule has 0 saturated carbocycles. The Balaban J connectivity index is 2.73. The van der Waals surface area contributed by atoms with Crippen LogP contribution in [0.1, 0.15) is 48.0 Å². The lowest BCUT2D eigenvalue weighted by Gasteiger charge is -2.27. The number of hydrogen-bond acceptors (Lipinski definition) is 5. The summed E-state index contributed by atoms with van der Waals surface area (Å²) in [6, 6.07) is -0.875. The number of carbonyl (C=O) groups excluding carboxylic acids is 2. The standard InChI is InChI=1S/C16H29N3O4/c1-10(22-15(2,3)4)18-11-8-12(13(17)20)19(9-11)14(21)23-16(5,6)7/h11-12,18H,1,8-9H2,2-7H3,(H2,17,20)/t11-,12-/m0/s1. The van der Waals surface area contributed by atoms with Crippen molar-refractivity contribution in [2.45, 2.75) is 71.2 Å². The number of hydrogen-bond donors (Lipinski definition) is 2. The van der Waals surface area contributed by atoms with E-state index in [0.29, 0.717) is 18.8 Å². The van der Waals surface area contributed by atoms with Gasteiger partial charge in [0.15, 0.2) is 5.88 Å². The number of nitrogens with one attached hydrogen (secondary N) is 1. The molecule has 0 bridgehead atoms. The lowest BCUT2D eigenvalue weighted by atomic mass is 10.1. The summed E-state index contributed by atoms with van der Waals surface area (Å²) in [6.07, 6.45) is -0.158. The van der Waals surface area contributed by atoms with Gasteiger partial charge in [0.2, 0.25) is 5.91 Å². The van der Waals surface area contributed by atoms with Gasteiger partial charge in [-0.05, 0) is 54.5 Å². The summed E-state index contributed by atoms with van der Waals surface area (Å²) in [5.41, 5.74) is 4.40. The van der Waals surface area contributed by atoms with Crippen molar-refractivity contribution in [3.63, 3.8) is 0 Å². The lowest BCUT2D eigenvalue weighted by molar-refractivity contribution is -0.122. The highest BCUT2D eigenvalue weighted by atomic mass is 16.6. The van der Waals surface area contributed by atoms with Gasteiger partial charge in [0.05, 0.1) is 0 Å². The number of nitrogens with two attached hydrogens (primary N) is 1. The van der Waals surface area contributed by atoms with Crippen LogP contribution in [-0.2, 0) is 14.3 Å². The molecule has 3 N–H and O–H groups in total. The number of nitrogens with zero attached hydrogens (tertiary/aromatic N) is 1. The fraction of sp³-hybridized carbons (Fsp3) is 0.750. The van der Waals surface area contributed by atoms with Crippen LogP contribution in [0.4, 0.5) is 4.79 Å². The van der Waals surface area contributed by atoms with Gasteiger partial charge in [0, 0.05) is 12.6 Å². The molecule has 1 aliphatic rings. The summed E-state index contributed by atoms with van der Waals surface area (Å²) in [4.78, 5) is 25.2. The highest BCUT2D eigenvalue weighted by Crippen LogP contribution is 2.22. The Bertz CT molecular complexity index is 477. The highest BCUT2D eigenvalue weighted by molar-refractivity contribution is 5.85. The molecule has 1 saturated heterocycles. The van der Waals surface area contributed by atoms with E-state index in [4.69, 9.17) is 15.2 Å². The van der Waals surface area contributed by atoms with E-state index in [9.17, 15) is 9.59 Å². The monoisotopic (exact) mass is 327 g/mol. The smallest absolute Gasteiger partial charge is 0.411 e. The van der Waals surface area contributed by atoms with Crippen LogP contribution >= 0.6 is 0 Å². The van der Waals surface area contributed by atoms with E-state index in [0.717, 1.165) is 0 Å². The van der Waals surface area contributed by atoms with E-state index in [2.05, 4.69) is 11.9 Å². The molecular weight excluding hydrogens is 298 g/mol. The third-order valence-electron chi connectivity index (χ3n) is 3.05. The van der Waals surface area contributed by atoms with E-state index < -0.39 is 23.6 Å². The zero-order valence-electron chi connectivity index (χ0n) is 14.9. The third-order valence-corrected chi connectivity index (χ3v) is 3.05. The predicted molar refractivity (Wildman–Crippen MR) is 87.4 cm³/mol. The van der Waals surface area contributed by atoms with Crippen molar-refractivity contribution in [3.8, 4) is 0 Å². The van der Waals surface area contributed by atoms with Crippen LogP contribution in [0.25, 0.3) is 0 Å². The topological polar surface area (TPSA) is 93.9 Å². The molecule has 1 heterocycles. The Morgan fingerprint density at radius 1 is 1.13 bits per heavy atom. The zero-order chi connectivity index (χ0) is 18.0. The van der Waals surface area contributed by atoms with E-state index in [-0.39, 0.29) is 11.6 Å². The van der Waals surface area contributed by atoms with Crippen LogP contribution in [0.2, 0.25) is 0 Å². The molecule has 0 aromatic heterocycles. The van der Waals surface area contributed by atoms with Crippen LogP contribution in [0.5, 0.6) is 0 Å². The minimum Gasteiger partial charge on any atom is -0.474 e. The van der Waals surface area contributed by atoms with Gasteiger partial charge in [0.25, 0.3) is 0 Å². The second-order valence-corrected chi connectivity index (χ2v) is 7.77. The first kappa shape index (κ1) is 19.1. The largest absolute Gasteiger partial charge is 0.474 e. The van der Waals surface area contributed by atoms with E-state index >= 15 is 0 Å². The van der Waals surface area contributed by atoms with Crippen molar-refractivity contribution in [2.24, 2.45) is 5.73 Å². The maximum Gasteiger partial charge on any atom is 0.411 e. The van der Waals surface area contributed by atoms with Gasteiger partial charge < -0.3 is 20.5 Å². The molecule has 1 rings (SSSR count). The van der Waals surface area contributed by atoms with Crippen molar-refractivity contribution in [3.05, 3.63) is 12.5 Å². The Labute approximate surface area is 138 Å². The summed E-state index contributed by atoms with van der Waals surface area (Å²) in [5, 5.41) is 3.09. The summed E-state index contributed by atoms with van der Waals surface area (Å²) in [6.45, 7) is 15.2. The van der Waals surface area contributed by atoms with Crippen LogP contribution in [-0.4, -0.2) is 46.7 Å². The van der Waals surface area contributed by atoms with Crippen LogP contribution < -0.4 is 11.1 Å². The molecule has 0 unspecified atom stereocenters. The molecule has 2 atom stereocenters. The van der Waals surface area contributed by atoms with Crippen molar-refractivity contribution in [2.75, 3.05) is 6.54 Å². The first-order chi connectivity index (χ1) is 10.3. The summed E-state index contributed by atoms with van der Waals surface area (Å²) < 4.78 is 10.9. The first-order valence-electron chi connectivity index (χ1n) is 7.72. The van der Waals surface area contributed by atoms with Crippen LogP contribution in [0, 0.1) is 0 Å². The van der Waals surface area contributed by atoms with Crippen LogP contribution in [0.15, 0.2) is 12.5 Å². The summed E-state index contributed by atoms with van der Waals surface area (Å²) in [7, 11) is 0. The second-order valence-electron chi connectivity index (χ2n) is 7.77. The van der Waals surface area contributed by atoms with Crippen molar-refractivity contribution in [1.82, 2.24) is 10.2 Å². The quantitative estimate of drug-likeness (QED) is 0.767. The Hall–Kier alpha value is -1.92. The molecule has 0 aromatic rings. The highest BCUT2D eigenvalue weighted by Gasteiger charge is 2.40. The predicted octanol–water partition coefficient (Wildman–Crippen LogP) is 1.73. The number of carbonyl (C=O) groups is 2. The van der Waals surface area contributed by atoms with Crippen molar-refractivity contribution < 1.29 is 19.1 Å². The number of primary amides is 1. The Morgan fingerprint density at radius 2 is 1.65 bits per heavy atom. The molecule has 0 aromatic carbocycles. The van der Waals surface area contributed by atoms with Gasteiger partial charge in [-0.3, -0.25) is 9.69 Å². The fourth-order valence-corrected chi connectivity index (χ4v) is 2.36. The molecule has 1 aliphatic heterocycles. The average molecular weight is 327 g/mol. The van der Waals surface area contributed by atoms with Crippen molar-refractivity contribution >= 4 is 12.0 Å². The SMILES string of the molecule is C=C(N[C@H]1C[C@@H](C(N)=O)N(C(=O)OC(C)(C)C)C1)OC(C)(C)C. The molecule has 132 valence electrons. The average Bonchev–Trinajstić information content (AvgIpc) is 2.67. The maximum absolute atomic E-state index is 12.3. The minimum atomic E-state index is -0.704. The van der Waals surface area contributed by atoms with E-state index in [1.807, 2.05) is 20.8 Å². The second kappa shape index (κ2) is 6.68. The third kappa shape index (κ3) is 6.38. The lowest BCUT2D eigenvalue weighted by Crippen LogP contribution is -2.46. The van der Waals surface area contributed by atoms with Crippen molar-refractivity contribution in [1.29, 1.82) is 0 Å². The van der Waals surface area contributed by atoms with E-state index in [1.54, 1.807) is 20.8 Å². The molecule has 1 fully saturated rings. The van der Waals surface area contributed by atoms with E-state index in [1.165, 1.54) is 4.90 Å². The van der Waals surface area contributed by atoms with Gasteiger partial charge in [-0.25, -0.2) is 4.79 Å². The van der Waals surface area contributed by atoms with Gasteiger partial charge >= 0.3 is 6.09 Å². The molecule has 0 spiro atoms. The molecule has 0 radical (unpaired) electrons. The summed E-state index contributed by atoms with van der Waals surface area (Å²) >= 11 is 0. The van der Waals surface area contributed by atoms with Crippen LogP contribution in [0.3, 0.4) is 0 Å². The maximum atomic E-state index is 12.3. The fourth-order valence-electron chi connectivity index (χ4n) is 2.36. The van der Waals surface area contributed by atoms with Gasteiger partial charge in [-0.15, -0.1) is 0 Å².